The minimum Gasteiger partial charge on any atom is -0.494 e. The number of quaternary nitrogens is 2. The molecule has 3 aromatic rings. The van der Waals surface area contributed by atoms with E-state index < -0.39 is 22.2 Å². The van der Waals surface area contributed by atoms with Gasteiger partial charge in [-0.05, 0) is 16.7 Å². The average Bonchev–Trinajstić information content (AvgIpc) is 2.97. The maximum atomic E-state index is 6.95. The van der Waals surface area contributed by atoms with E-state index in [9.17, 15) is 0 Å². The van der Waals surface area contributed by atoms with Crippen LogP contribution in [0.15, 0.2) is 91.0 Å². The lowest BCUT2D eigenvalue weighted by molar-refractivity contribution is -0.757. The highest BCUT2D eigenvalue weighted by Crippen LogP contribution is 2.98. The molecule has 2 fully saturated rings. The first-order valence-corrected chi connectivity index (χ1v) is 31.5. The van der Waals surface area contributed by atoms with Crippen molar-refractivity contribution >= 4 is 125 Å². The van der Waals surface area contributed by atoms with Crippen LogP contribution in [0.1, 0.15) is 16.7 Å². The third-order valence-corrected chi connectivity index (χ3v) is 46.3. The molecule has 0 aliphatic carbocycles. The highest BCUT2D eigenvalue weighted by molar-refractivity contribution is 9.40. The minimum absolute atomic E-state index is 0.465. The molecule has 2 aliphatic heterocycles. The molecule has 0 saturated carbocycles. The molecule has 0 N–H and O–H groups in total. The van der Waals surface area contributed by atoms with Gasteiger partial charge in [0.1, 0.15) is 14.0 Å². The van der Waals surface area contributed by atoms with Crippen LogP contribution in [0.4, 0.5) is 0 Å². The van der Waals surface area contributed by atoms with E-state index in [1.807, 2.05) is 122 Å². The van der Waals surface area contributed by atoms with Gasteiger partial charge in [0, 0.05) is 42.3 Å². The molecule has 5 rings (SSSR count). The van der Waals surface area contributed by atoms with E-state index in [0.717, 1.165) is 25.5 Å². The molecule has 0 radical (unpaired) electrons. The highest BCUT2D eigenvalue weighted by atomic mass is 33.3. The van der Waals surface area contributed by atoms with E-state index >= 15 is 0 Å². The number of hydrogen-bond acceptors (Lipinski definition) is 12. The summed E-state index contributed by atoms with van der Waals surface area (Å²) in [6.07, 6.45) is 0. The highest BCUT2D eigenvalue weighted by Gasteiger charge is 2.63. The summed E-state index contributed by atoms with van der Waals surface area (Å²) in [7, 11) is 13.5. The lowest BCUT2D eigenvalue weighted by Gasteiger charge is -2.64. The van der Waals surface area contributed by atoms with Crippen LogP contribution >= 0.6 is 81.4 Å². The molecular formula is C27H39B2N2O3P3S9. The summed E-state index contributed by atoms with van der Waals surface area (Å²) in [5, 5.41) is 0. The van der Waals surface area contributed by atoms with E-state index in [1.54, 1.807) is 0 Å². The lowest BCUT2D eigenvalue weighted by atomic mass is 10.2. The Bertz CT molecular complexity index is 1530. The predicted molar refractivity (Wildman–Crippen MR) is 230 cm³/mol. The second-order valence-corrected chi connectivity index (χ2v) is 47.2. The smallest absolute Gasteiger partial charge is 0.393 e. The number of benzene rings is 3. The van der Waals surface area contributed by atoms with Crippen molar-refractivity contribution in [1.29, 1.82) is 0 Å². The lowest BCUT2D eigenvalue weighted by Crippen LogP contribution is -2.59. The number of nitrogens with zero attached hydrogens (tertiary/aromatic N) is 2. The Labute approximate surface area is 314 Å². The SMILES string of the molecule is C[N+](C)(C)[B-]1(SP(=S)(OCc2ccccc2)S[B-]2([N+](C)(C)C)SP(=S)(OCc3ccccc3)S2)SP(=S)(OCc2ccccc2)S1. The third kappa shape index (κ3) is 9.54. The van der Waals surface area contributed by atoms with Gasteiger partial charge in [-0.25, -0.2) is 67.4 Å². The second kappa shape index (κ2) is 15.3. The molecule has 2 aliphatic rings. The van der Waals surface area contributed by atoms with Crippen molar-refractivity contribution in [1.82, 2.24) is 0 Å². The summed E-state index contributed by atoms with van der Waals surface area (Å²) >= 11 is 30.2. The summed E-state index contributed by atoms with van der Waals surface area (Å²) in [6.45, 7) is 1.51. The van der Waals surface area contributed by atoms with Gasteiger partial charge in [0.15, 0.2) is 0 Å². The summed E-state index contributed by atoms with van der Waals surface area (Å²) in [5.74, 6) is 0. The molecule has 250 valence electrons. The Kier molecular flexibility index (Phi) is 12.9. The van der Waals surface area contributed by atoms with E-state index in [4.69, 9.17) is 49.0 Å². The van der Waals surface area contributed by atoms with Gasteiger partial charge < -0.3 is 22.4 Å². The first-order chi connectivity index (χ1) is 21.5. The molecule has 3 aromatic carbocycles. The standard InChI is InChI=1S/C27H39B2N2O3P3S9/c1-30(2,3)28(41-35(38,42-28)32-22-25-16-10-7-11-17-25)45-37(40,34-24-27-20-14-9-15-21-27)46-29(31(4,5)6)43-36(39,44-29)33-23-26-18-12-8-13-19-26/h7-21H,22-24H2,1-6H3. The van der Waals surface area contributed by atoms with Crippen molar-refractivity contribution in [3.05, 3.63) is 108 Å². The largest absolute Gasteiger partial charge is 0.494 e. The van der Waals surface area contributed by atoms with Gasteiger partial charge >= 0.3 is 8.23 Å². The second-order valence-electron chi connectivity index (χ2n) is 12.7. The first-order valence-electron chi connectivity index (χ1n) is 14.5. The van der Waals surface area contributed by atoms with Crippen molar-refractivity contribution in [2.45, 2.75) is 19.8 Å². The maximum Gasteiger partial charge on any atom is 0.393 e. The van der Waals surface area contributed by atoms with Gasteiger partial charge in [-0.1, -0.05) is 126 Å². The third-order valence-electron chi connectivity index (χ3n) is 7.17. The molecule has 0 unspecified atom stereocenters. The molecule has 0 amide bonds. The zero-order chi connectivity index (χ0) is 33.3. The van der Waals surface area contributed by atoms with Gasteiger partial charge in [-0.15, -0.1) is 0 Å². The Morgan fingerprint density at radius 3 is 1.20 bits per heavy atom. The van der Waals surface area contributed by atoms with E-state index in [1.165, 1.54) is 0 Å². The molecule has 0 atom stereocenters. The van der Waals surface area contributed by atoms with Gasteiger partial charge in [0.25, 0.3) is 0 Å². The number of hydrogen-bond donors (Lipinski definition) is 0. The van der Waals surface area contributed by atoms with Crippen molar-refractivity contribution < 1.29 is 22.4 Å². The van der Waals surface area contributed by atoms with Crippen LogP contribution in [0, 0.1) is 0 Å². The molecule has 46 heavy (non-hydrogen) atoms. The van der Waals surface area contributed by atoms with Gasteiger partial charge in [0.05, 0.1) is 19.8 Å². The Morgan fingerprint density at radius 1 is 0.587 bits per heavy atom. The molecule has 0 bridgehead atoms. The van der Waals surface area contributed by atoms with Crippen molar-refractivity contribution in [3.8, 4) is 0 Å². The van der Waals surface area contributed by atoms with E-state index in [2.05, 4.69) is 78.7 Å². The molecule has 0 aromatic heterocycles. The topological polar surface area (TPSA) is 27.7 Å². The minimum atomic E-state index is -2.58. The quantitative estimate of drug-likeness (QED) is 0.108. The Balaban J connectivity index is 1.38. The molecule has 2 heterocycles. The van der Waals surface area contributed by atoms with Crippen LogP contribution in [0.25, 0.3) is 0 Å². The number of rotatable bonds is 15. The molecule has 19 heteroatoms. The van der Waals surface area contributed by atoms with E-state index in [0.29, 0.717) is 19.8 Å². The zero-order valence-corrected chi connectivity index (χ0v) is 36.6. The van der Waals surface area contributed by atoms with Crippen molar-refractivity contribution in [2.24, 2.45) is 0 Å². The van der Waals surface area contributed by atoms with E-state index in [-0.39, 0.29) is 0 Å². The predicted octanol–water partition coefficient (Wildman–Crippen LogP) is 11.0. The van der Waals surface area contributed by atoms with Gasteiger partial charge in [-0.2, -0.15) is 0 Å². The van der Waals surface area contributed by atoms with Crippen LogP contribution in [0.2, 0.25) is 0 Å². The Hall–Kier alpha value is 1.64. The molecule has 5 nitrogen and oxygen atoms in total. The van der Waals surface area contributed by atoms with Crippen LogP contribution < -0.4 is 0 Å². The van der Waals surface area contributed by atoms with Crippen molar-refractivity contribution in [2.75, 3.05) is 42.3 Å². The Morgan fingerprint density at radius 2 is 0.891 bits per heavy atom. The van der Waals surface area contributed by atoms with Crippen LogP contribution in [-0.4, -0.2) is 59.3 Å². The van der Waals surface area contributed by atoms with Gasteiger partial charge in [0.2, 0.25) is 0 Å². The first kappa shape index (κ1) is 38.9. The maximum absolute atomic E-state index is 6.95. The summed E-state index contributed by atoms with van der Waals surface area (Å²) in [6, 6.07) is 30.9. The fraction of sp³-hybridized carbons (Fsp3) is 0.333. The van der Waals surface area contributed by atoms with Crippen LogP contribution in [-0.2, 0) is 68.8 Å². The average molecular weight is 843 g/mol. The van der Waals surface area contributed by atoms with Crippen molar-refractivity contribution in [3.63, 3.8) is 0 Å². The molecule has 0 spiro atoms. The summed E-state index contributed by atoms with van der Waals surface area (Å²) < 4.78 is 12.0. The summed E-state index contributed by atoms with van der Waals surface area (Å²) in [4.78, 5) is 0. The van der Waals surface area contributed by atoms with Gasteiger partial charge in [-0.3, -0.25) is 0 Å². The van der Waals surface area contributed by atoms with Crippen LogP contribution in [0.3, 0.4) is 0 Å². The monoisotopic (exact) mass is 842 g/mol. The normalized spacial score (nSPS) is 29.3. The van der Waals surface area contributed by atoms with Crippen LogP contribution in [0.5, 0.6) is 0 Å². The molecule has 2 saturated heterocycles. The fourth-order valence-corrected chi connectivity index (χ4v) is 64.5. The zero-order valence-electron chi connectivity index (χ0n) is 26.6. The molecular weight excluding hydrogens is 803 g/mol. The summed E-state index contributed by atoms with van der Waals surface area (Å²) in [5.41, 5.74) is 3.39. The fourth-order valence-electron chi connectivity index (χ4n) is 4.31.